The zero-order valence-corrected chi connectivity index (χ0v) is 9.69. The molecule has 13 heavy (non-hydrogen) atoms. The van der Waals surface area contributed by atoms with Crippen LogP contribution in [0.3, 0.4) is 0 Å². The predicted molar refractivity (Wildman–Crippen MR) is 59.8 cm³/mol. The van der Waals surface area contributed by atoms with Gasteiger partial charge < -0.3 is 0 Å². The van der Waals surface area contributed by atoms with Crippen molar-refractivity contribution >= 4 is 0 Å². The third kappa shape index (κ3) is 2.36. The lowest BCUT2D eigenvalue weighted by atomic mass is 9.82. The lowest BCUT2D eigenvalue weighted by molar-refractivity contribution is 0.307. The van der Waals surface area contributed by atoms with Gasteiger partial charge in [-0.2, -0.15) is 0 Å². The normalized spacial score (nSPS) is 37.2. The lowest BCUT2D eigenvalue weighted by Gasteiger charge is -2.22. The van der Waals surface area contributed by atoms with Gasteiger partial charge in [-0.05, 0) is 43.9 Å². The van der Waals surface area contributed by atoms with E-state index in [1.165, 1.54) is 32.1 Å². The van der Waals surface area contributed by atoms with Crippen molar-refractivity contribution in [3.8, 4) is 0 Å². The molecule has 0 N–H and O–H groups in total. The van der Waals surface area contributed by atoms with E-state index in [1.807, 2.05) is 13.8 Å². The highest BCUT2D eigenvalue weighted by Crippen LogP contribution is 2.51. The van der Waals surface area contributed by atoms with Crippen molar-refractivity contribution in [1.82, 2.24) is 0 Å². The number of rotatable bonds is 0. The average Bonchev–Trinajstić information content (AvgIpc) is 2.65. The molecule has 1 fully saturated rings. The van der Waals surface area contributed by atoms with E-state index in [4.69, 9.17) is 0 Å². The molecule has 0 aromatic heterocycles. The van der Waals surface area contributed by atoms with E-state index in [9.17, 15) is 0 Å². The van der Waals surface area contributed by atoms with E-state index >= 15 is 0 Å². The second-order valence-corrected chi connectivity index (χ2v) is 4.78. The second kappa shape index (κ2) is 4.30. The molecular weight excluding hydrogens is 156 g/mol. The van der Waals surface area contributed by atoms with Crippen LogP contribution in [0.5, 0.6) is 0 Å². The maximum absolute atomic E-state index is 2.46. The molecule has 2 atom stereocenters. The number of hydrogen-bond donors (Lipinski definition) is 0. The third-order valence-corrected chi connectivity index (χ3v) is 3.49. The Morgan fingerprint density at radius 1 is 1.38 bits per heavy atom. The number of hydrogen-bond acceptors (Lipinski definition) is 0. The van der Waals surface area contributed by atoms with Crippen molar-refractivity contribution in [2.45, 2.75) is 59.8 Å². The summed E-state index contributed by atoms with van der Waals surface area (Å²) in [5.41, 5.74) is 2.38. The molecule has 0 radical (unpaired) electrons. The summed E-state index contributed by atoms with van der Waals surface area (Å²) >= 11 is 0. The van der Waals surface area contributed by atoms with Gasteiger partial charge in [0.15, 0.2) is 0 Å². The second-order valence-electron chi connectivity index (χ2n) is 4.78. The third-order valence-electron chi connectivity index (χ3n) is 3.49. The lowest BCUT2D eigenvalue weighted by Crippen LogP contribution is -2.11. The first-order valence-electron chi connectivity index (χ1n) is 5.86. The van der Waals surface area contributed by atoms with Gasteiger partial charge in [0.2, 0.25) is 0 Å². The molecule has 2 rings (SSSR count). The highest BCUT2D eigenvalue weighted by Gasteiger charge is 2.38. The minimum Gasteiger partial charge on any atom is -0.0850 e. The molecule has 0 aliphatic heterocycles. The molecule has 2 unspecified atom stereocenters. The number of allylic oxidation sites excluding steroid dienone is 2. The van der Waals surface area contributed by atoms with Gasteiger partial charge in [0, 0.05) is 0 Å². The minimum absolute atomic E-state index is 0.740. The van der Waals surface area contributed by atoms with E-state index in [0.29, 0.717) is 0 Å². The molecule has 0 aromatic carbocycles. The smallest absolute Gasteiger partial charge is 0.0223 e. The molecular formula is C13H24. The van der Waals surface area contributed by atoms with Gasteiger partial charge in [-0.1, -0.05) is 38.8 Å². The Kier molecular flexibility index (Phi) is 3.58. The maximum Gasteiger partial charge on any atom is -0.0223 e. The first kappa shape index (κ1) is 10.8. The monoisotopic (exact) mass is 180 g/mol. The molecule has 2 aliphatic rings. The van der Waals surface area contributed by atoms with Crippen LogP contribution in [-0.2, 0) is 0 Å². The predicted octanol–water partition coefficient (Wildman–Crippen LogP) is 4.56. The van der Waals surface area contributed by atoms with Crippen molar-refractivity contribution in [1.29, 1.82) is 0 Å². The first-order chi connectivity index (χ1) is 6.20. The summed E-state index contributed by atoms with van der Waals surface area (Å²) in [6.45, 7) is 8.69. The van der Waals surface area contributed by atoms with E-state index in [-0.39, 0.29) is 0 Å². The Morgan fingerprint density at radius 3 is 2.46 bits per heavy atom. The van der Waals surface area contributed by atoms with Crippen LogP contribution in [0.25, 0.3) is 0 Å². The Balaban J connectivity index is 0.000000396. The molecule has 0 bridgehead atoms. The molecule has 0 heteroatoms. The van der Waals surface area contributed by atoms with E-state index in [0.717, 1.165) is 11.3 Å². The van der Waals surface area contributed by atoms with E-state index in [1.54, 1.807) is 5.57 Å². The van der Waals surface area contributed by atoms with Crippen LogP contribution >= 0.6 is 0 Å². The van der Waals surface area contributed by atoms with Gasteiger partial charge in [0.05, 0.1) is 0 Å². The molecule has 0 heterocycles. The van der Waals surface area contributed by atoms with Crippen LogP contribution in [-0.4, -0.2) is 0 Å². The van der Waals surface area contributed by atoms with Crippen LogP contribution in [0.2, 0.25) is 0 Å². The molecule has 1 saturated carbocycles. The van der Waals surface area contributed by atoms with Crippen molar-refractivity contribution in [2.24, 2.45) is 11.3 Å². The minimum atomic E-state index is 0.740. The van der Waals surface area contributed by atoms with Crippen molar-refractivity contribution in [2.75, 3.05) is 0 Å². The van der Waals surface area contributed by atoms with Gasteiger partial charge in [0.1, 0.15) is 0 Å². The van der Waals surface area contributed by atoms with Crippen LogP contribution in [0.1, 0.15) is 59.8 Å². The quantitative estimate of drug-likeness (QED) is 0.479. The summed E-state index contributed by atoms with van der Waals surface area (Å²) < 4.78 is 0. The topological polar surface area (TPSA) is 0 Å². The average molecular weight is 180 g/mol. The molecule has 0 saturated heterocycles. The van der Waals surface area contributed by atoms with Crippen molar-refractivity contribution in [3.63, 3.8) is 0 Å². The highest BCUT2D eigenvalue weighted by atomic mass is 14.4. The Morgan fingerprint density at radius 2 is 2.08 bits per heavy atom. The summed E-state index contributed by atoms with van der Waals surface area (Å²) in [5.74, 6) is 0.995. The Labute approximate surface area is 83.4 Å². The largest absolute Gasteiger partial charge is 0.0850 e. The van der Waals surface area contributed by atoms with Gasteiger partial charge in [-0.3, -0.25) is 0 Å². The fraction of sp³-hybridized carbons (Fsp3) is 0.846. The Hall–Kier alpha value is -0.260. The highest BCUT2D eigenvalue weighted by molar-refractivity contribution is 5.14. The summed E-state index contributed by atoms with van der Waals surface area (Å²) in [6, 6.07) is 0. The Bertz CT molecular complexity index is 190. The zero-order chi connectivity index (χ0) is 9.90. The summed E-state index contributed by atoms with van der Waals surface area (Å²) in [6.07, 6.45) is 9.68. The molecule has 76 valence electrons. The molecule has 1 spiro atoms. The van der Waals surface area contributed by atoms with E-state index < -0.39 is 0 Å². The van der Waals surface area contributed by atoms with Crippen LogP contribution in [0.4, 0.5) is 0 Å². The molecule has 0 aromatic rings. The summed E-state index contributed by atoms with van der Waals surface area (Å²) in [4.78, 5) is 0. The maximum atomic E-state index is 2.46. The summed E-state index contributed by atoms with van der Waals surface area (Å²) in [7, 11) is 0. The van der Waals surface area contributed by atoms with E-state index in [2.05, 4.69) is 19.9 Å². The fourth-order valence-corrected chi connectivity index (χ4v) is 2.97. The van der Waals surface area contributed by atoms with Crippen molar-refractivity contribution < 1.29 is 0 Å². The first-order valence-corrected chi connectivity index (χ1v) is 5.86. The van der Waals surface area contributed by atoms with Crippen LogP contribution in [0, 0.1) is 11.3 Å². The standard InChI is InChI=1S/C11H18.C2H6/c1-9-3-5-11(7-9)6-4-10(2)8-11;1-2/h3,10H,4-8H2,1-2H3;1-2H3. The van der Waals surface area contributed by atoms with Gasteiger partial charge >= 0.3 is 0 Å². The van der Waals surface area contributed by atoms with Crippen molar-refractivity contribution in [3.05, 3.63) is 11.6 Å². The molecule has 2 aliphatic carbocycles. The summed E-state index contributed by atoms with van der Waals surface area (Å²) in [5, 5.41) is 0. The fourth-order valence-electron chi connectivity index (χ4n) is 2.97. The SMILES string of the molecule is CC.CC1=CCC2(CCC(C)C2)C1. The molecule has 0 amide bonds. The van der Waals surface area contributed by atoms with Gasteiger partial charge in [-0.15, -0.1) is 0 Å². The van der Waals surface area contributed by atoms with Gasteiger partial charge in [0.25, 0.3) is 0 Å². The van der Waals surface area contributed by atoms with Gasteiger partial charge in [-0.25, -0.2) is 0 Å². The van der Waals surface area contributed by atoms with Crippen LogP contribution < -0.4 is 0 Å². The molecule has 0 nitrogen and oxygen atoms in total. The van der Waals surface area contributed by atoms with Crippen LogP contribution in [0.15, 0.2) is 11.6 Å². The zero-order valence-electron chi connectivity index (χ0n) is 9.69.